The van der Waals surface area contributed by atoms with Crippen molar-refractivity contribution in [2.75, 3.05) is 6.61 Å². The first kappa shape index (κ1) is 14.9. The van der Waals surface area contributed by atoms with Crippen molar-refractivity contribution >= 4 is 5.91 Å². The largest absolute Gasteiger partial charge is 0.494 e. The van der Waals surface area contributed by atoms with Gasteiger partial charge in [-0.3, -0.25) is 4.79 Å². The van der Waals surface area contributed by atoms with Gasteiger partial charge in [-0.2, -0.15) is 0 Å². The first-order valence-corrected chi connectivity index (χ1v) is 7.18. The van der Waals surface area contributed by atoms with E-state index < -0.39 is 5.54 Å². The van der Waals surface area contributed by atoms with Crippen LogP contribution in [0.25, 0.3) is 0 Å². The van der Waals surface area contributed by atoms with Crippen molar-refractivity contribution in [1.29, 1.82) is 0 Å². The van der Waals surface area contributed by atoms with Gasteiger partial charge < -0.3 is 15.8 Å². The minimum Gasteiger partial charge on any atom is -0.494 e. The number of carbonyl (C=O) groups excluding carboxylic acids is 1. The van der Waals surface area contributed by atoms with Crippen molar-refractivity contribution < 1.29 is 9.53 Å². The van der Waals surface area contributed by atoms with Crippen LogP contribution in [0.3, 0.4) is 0 Å². The maximum Gasteiger partial charge on any atom is 0.237 e. The summed E-state index contributed by atoms with van der Waals surface area (Å²) in [6.07, 6.45) is 2.83. The van der Waals surface area contributed by atoms with Crippen molar-refractivity contribution in [2.24, 2.45) is 5.73 Å². The highest BCUT2D eigenvalue weighted by atomic mass is 16.5. The van der Waals surface area contributed by atoms with E-state index in [9.17, 15) is 4.79 Å². The van der Waals surface area contributed by atoms with E-state index in [-0.39, 0.29) is 5.91 Å². The van der Waals surface area contributed by atoms with Crippen LogP contribution in [0.15, 0.2) is 18.2 Å². The van der Waals surface area contributed by atoms with Gasteiger partial charge in [0.2, 0.25) is 5.91 Å². The summed E-state index contributed by atoms with van der Waals surface area (Å²) in [5.41, 5.74) is 7.28. The number of rotatable bonds is 7. The molecule has 1 aliphatic rings. The van der Waals surface area contributed by atoms with Crippen LogP contribution in [0.5, 0.6) is 5.75 Å². The number of aryl methyl sites for hydroxylation is 2. The van der Waals surface area contributed by atoms with E-state index in [1.807, 2.05) is 25.1 Å². The Morgan fingerprint density at radius 3 is 2.65 bits per heavy atom. The summed E-state index contributed by atoms with van der Waals surface area (Å²) in [4.78, 5) is 11.6. The molecule has 4 nitrogen and oxygen atoms in total. The van der Waals surface area contributed by atoms with Crippen molar-refractivity contribution in [3.63, 3.8) is 0 Å². The highest BCUT2D eigenvalue weighted by Gasteiger charge is 2.36. The SMILES string of the molecule is Cc1ccc(OCCC(C)(NC2CC2)C(N)=O)cc1C. The Hall–Kier alpha value is -1.55. The van der Waals surface area contributed by atoms with E-state index in [2.05, 4.69) is 19.2 Å². The van der Waals surface area contributed by atoms with Gasteiger partial charge in [0.05, 0.1) is 12.1 Å². The second-order valence-electron chi connectivity index (χ2n) is 5.96. The minimum absolute atomic E-state index is 0.312. The number of amides is 1. The third-order valence-electron chi connectivity index (χ3n) is 3.99. The predicted octanol–water partition coefficient (Wildman–Crippen LogP) is 2.07. The third-order valence-corrected chi connectivity index (χ3v) is 3.99. The fourth-order valence-corrected chi connectivity index (χ4v) is 2.12. The summed E-state index contributed by atoms with van der Waals surface area (Å²) in [5, 5.41) is 3.32. The molecule has 1 atom stereocenters. The Morgan fingerprint density at radius 1 is 1.40 bits per heavy atom. The highest BCUT2D eigenvalue weighted by molar-refractivity contribution is 5.84. The number of nitrogens with two attached hydrogens (primary N) is 1. The van der Waals surface area contributed by atoms with Gasteiger partial charge in [-0.05, 0) is 56.9 Å². The Labute approximate surface area is 120 Å². The number of benzene rings is 1. The molecule has 0 saturated heterocycles. The Kier molecular flexibility index (Phi) is 4.33. The Morgan fingerprint density at radius 2 is 2.10 bits per heavy atom. The van der Waals surface area contributed by atoms with Crippen molar-refractivity contribution in [3.05, 3.63) is 29.3 Å². The second kappa shape index (κ2) is 5.83. The molecule has 4 heteroatoms. The van der Waals surface area contributed by atoms with Crippen LogP contribution >= 0.6 is 0 Å². The molecule has 1 aromatic rings. The number of hydrogen-bond donors (Lipinski definition) is 2. The Bertz CT molecular complexity index is 497. The normalized spacial score (nSPS) is 17.6. The van der Waals surface area contributed by atoms with Crippen LogP contribution in [0, 0.1) is 13.8 Å². The molecule has 0 aromatic heterocycles. The molecule has 1 aliphatic carbocycles. The maximum absolute atomic E-state index is 11.6. The van der Waals surface area contributed by atoms with Crippen molar-refractivity contribution in [3.8, 4) is 5.75 Å². The number of ether oxygens (including phenoxy) is 1. The molecule has 1 fully saturated rings. The molecule has 0 heterocycles. The topological polar surface area (TPSA) is 64.3 Å². The van der Waals surface area contributed by atoms with Gasteiger partial charge in [0.1, 0.15) is 5.75 Å². The lowest BCUT2D eigenvalue weighted by Gasteiger charge is -2.27. The number of carbonyl (C=O) groups is 1. The zero-order valence-corrected chi connectivity index (χ0v) is 12.5. The molecular weight excluding hydrogens is 252 g/mol. The first-order chi connectivity index (χ1) is 9.40. The van der Waals surface area contributed by atoms with Gasteiger partial charge in [-0.15, -0.1) is 0 Å². The first-order valence-electron chi connectivity index (χ1n) is 7.18. The van der Waals surface area contributed by atoms with Crippen LogP contribution in [-0.2, 0) is 4.79 Å². The van der Waals surface area contributed by atoms with Crippen LogP contribution in [0.4, 0.5) is 0 Å². The molecule has 0 radical (unpaired) electrons. The van der Waals surface area contributed by atoms with E-state index in [1.165, 1.54) is 11.1 Å². The summed E-state index contributed by atoms with van der Waals surface area (Å²) >= 11 is 0. The van der Waals surface area contributed by atoms with Crippen molar-refractivity contribution in [1.82, 2.24) is 5.32 Å². The van der Waals surface area contributed by atoms with E-state index in [0.717, 1.165) is 18.6 Å². The fraction of sp³-hybridized carbons (Fsp3) is 0.562. The zero-order valence-electron chi connectivity index (χ0n) is 12.5. The van der Waals surface area contributed by atoms with E-state index >= 15 is 0 Å². The molecule has 0 bridgehead atoms. The smallest absolute Gasteiger partial charge is 0.237 e. The van der Waals surface area contributed by atoms with Crippen LogP contribution < -0.4 is 15.8 Å². The third kappa shape index (κ3) is 3.73. The second-order valence-corrected chi connectivity index (χ2v) is 5.96. The number of primary amides is 1. The van der Waals surface area contributed by atoms with Crippen molar-refractivity contribution in [2.45, 2.75) is 51.6 Å². The predicted molar refractivity (Wildman–Crippen MR) is 79.8 cm³/mol. The summed E-state index contributed by atoms with van der Waals surface area (Å²) in [6.45, 7) is 6.46. The van der Waals surface area contributed by atoms with Gasteiger partial charge in [0.15, 0.2) is 0 Å². The van der Waals surface area contributed by atoms with E-state index in [4.69, 9.17) is 10.5 Å². The standard InChI is InChI=1S/C16H24N2O2/c1-11-4-7-14(10-12(11)2)20-9-8-16(3,15(17)19)18-13-5-6-13/h4,7,10,13,18H,5-6,8-9H2,1-3H3,(H2,17,19). The average Bonchev–Trinajstić information content (AvgIpc) is 3.17. The van der Waals surface area contributed by atoms with E-state index in [1.54, 1.807) is 0 Å². The molecule has 3 N–H and O–H groups in total. The van der Waals surface area contributed by atoms with Gasteiger partial charge in [-0.25, -0.2) is 0 Å². The van der Waals surface area contributed by atoms with Crippen LogP contribution in [0.1, 0.15) is 37.3 Å². The molecule has 1 unspecified atom stereocenters. The van der Waals surface area contributed by atoms with Crippen LogP contribution in [-0.4, -0.2) is 24.1 Å². The van der Waals surface area contributed by atoms with Gasteiger partial charge >= 0.3 is 0 Å². The maximum atomic E-state index is 11.6. The quantitative estimate of drug-likeness (QED) is 0.801. The average molecular weight is 276 g/mol. The van der Waals surface area contributed by atoms with Gasteiger partial charge in [-0.1, -0.05) is 6.07 Å². The molecule has 0 spiro atoms. The lowest BCUT2D eigenvalue weighted by molar-refractivity contribution is -0.124. The molecule has 2 rings (SSSR count). The summed E-state index contributed by atoms with van der Waals surface area (Å²) in [7, 11) is 0. The highest BCUT2D eigenvalue weighted by Crippen LogP contribution is 2.24. The molecule has 1 saturated carbocycles. The monoisotopic (exact) mass is 276 g/mol. The molecular formula is C16H24N2O2. The summed E-state index contributed by atoms with van der Waals surface area (Å²) in [6, 6.07) is 6.46. The van der Waals surface area contributed by atoms with Gasteiger partial charge in [0, 0.05) is 12.5 Å². The lowest BCUT2D eigenvalue weighted by atomic mass is 9.97. The minimum atomic E-state index is -0.680. The van der Waals surface area contributed by atoms with Gasteiger partial charge in [0.25, 0.3) is 0 Å². The number of hydrogen-bond acceptors (Lipinski definition) is 3. The Balaban J connectivity index is 1.89. The fourth-order valence-electron chi connectivity index (χ4n) is 2.12. The van der Waals surface area contributed by atoms with E-state index in [0.29, 0.717) is 19.1 Å². The molecule has 0 aliphatic heterocycles. The summed E-state index contributed by atoms with van der Waals surface area (Å²) < 4.78 is 5.74. The molecule has 1 amide bonds. The zero-order chi connectivity index (χ0) is 14.8. The number of nitrogens with one attached hydrogen (secondary N) is 1. The molecule has 110 valence electrons. The van der Waals surface area contributed by atoms with Crippen LogP contribution in [0.2, 0.25) is 0 Å². The lowest BCUT2D eigenvalue weighted by Crippen LogP contribution is -2.54. The molecule has 1 aromatic carbocycles. The molecule has 20 heavy (non-hydrogen) atoms. The summed E-state index contributed by atoms with van der Waals surface area (Å²) in [5.74, 6) is 0.527.